The molecule has 4 aromatic rings. The predicted molar refractivity (Wildman–Crippen MR) is 226 cm³/mol. The lowest BCUT2D eigenvalue weighted by Crippen LogP contribution is -2.27. The van der Waals surface area contributed by atoms with Crippen molar-refractivity contribution in [2.24, 2.45) is 0 Å². The van der Waals surface area contributed by atoms with E-state index in [2.05, 4.69) is 0 Å². The van der Waals surface area contributed by atoms with E-state index in [0.29, 0.717) is 52.5 Å². The van der Waals surface area contributed by atoms with Crippen molar-refractivity contribution < 1.29 is 62.2 Å². The molecule has 0 aliphatic heterocycles. The lowest BCUT2D eigenvalue weighted by atomic mass is 9.95. The van der Waals surface area contributed by atoms with Crippen LogP contribution >= 0.6 is 15.8 Å². The van der Waals surface area contributed by atoms with Crippen LogP contribution in [0.15, 0.2) is 120 Å². The molecule has 0 amide bonds. The van der Waals surface area contributed by atoms with Crippen molar-refractivity contribution in [3.8, 4) is 11.5 Å². The average Bonchev–Trinajstić information content (AvgIpc) is 3.67. The molecule has 6 rings (SSSR count). The Hall–Kier alpha value is -4.80. The number of benzene rings is 4. The smallest absolute Gasteiger partial charge is 0.416 e. The van der Waals surface area contributed by atoms with Crippen molar-refractivity contribution in [3.05, 3.63) is 164 Å². The molecule has 4 aromatic carbocycles. The van der Waals surface area contributed by atoms with Crippen LogP contribution in [0.2, 0.25) is 0 Å². The third-order valence-corrected chi connectivity index (χ3v) is 16.1. The van der Waals surface area contributed by atoms with Crippen molar-refractivity contribution in [1.29, 1.82) is 0 Å². The topological polar surface area (TPSA) is 18.5 Å². The summed E-state index contributed by atoms with van der Waals surface area (Å²) < 4.78 is 183. The molecule has 0 bridgehead atoms. The predicted octanol–water partition coefficient (Wildman–Crippen LogP) is 13.3. The average molecular weight is 927 g/mol. The monoisotopic (exact) mass is 926 g/mol. The lowest BCUT2D eigenvalue weighted by Gasteiger charge is -2.34. The molecule has 0 heterocycles. The van der Waals surface area contributed by atoms with Gasteiger partial charge in [-0.25, -0.2) is 0 Å². The van der Waals surface area contributed by atoms with E-state index in [0.717, 1.165) is 32.9 Å². The number of ether oxygens (including phenoxy) is 2. The quantitative estimate of drug-likeness (QED) is 0.123. The summed E-state index contributed by atoms with van der Waals surface area (Å²) in [5.41, 5.74) is -3.85. The second kappa shape index (κ2) is 17.6. The van der Waals surface area contributed by atoms with Crippen LogP contribution in [0.25, 0.3) is 0 Å². The number of halogens is 12. The first-order valence-corrected chi connectivity index (χ1v) is 22.0. The summed E-state index contributed by atoms with van der Waals surface area (Å²) in [6, 6.07) is 9.34. The zero-order chi connectivity index (χ0) is 46.6. The van der Waals surface area contributed by atoms with E-state index in [4.69, 9.17) is 9.47 Å². The molecule has 334 valence electrons. The summed E-state index contributed by atoms with van der Waals surface area (Å²) in [5.74, 6) is 1.37. The zero-order valence-electron chi connectivity index (χ0n) is 34.7. The summed E-state index contributed by atoms with van der Waals surface area (Å²) in [5, 5.41) is 0.442. The fourth-order valence-electron chi connectivity index (χ4n) is 8.20. The minimum absolute atomic E-state index is 0.129. The van der Waals surface area contributed by atoms with Crippen LogP contribution in [0.4, 0.5) is 52.7 Å². The minimum Gasteiger partial charge on any atom is -0.496 e. The van der Waals surface area contributed by atoms with Gasteiger partial charge in [0, 0.05) is 11.3 Å². The van der Waals surface area contributed by atoms with Crippen molar-refractivity contribution in [2.45, 2.75) is 70.6 Å². The summed E-state index contributed by atoms with van der Waals surface area (Å²) in [7, 11) is -1.15. The van der Waals surface area contributed by atoms with Gasteiger partial charge in [-0.05, 0) is 164 Å². The molecule has 2 nitrogen and oxygen atoms in total. The molecular formula is C47H40F12O2P2. The SMILES string of the molecule is COc1c(C)cc(P(c2cc(C)c(OC)c(C)c2)C2C=CC=C/C2=C2/C=CC=C2[C@H](C)P(c2cc(C(F)(F)F)cc(C(F)(F)F)c2)c2cc(C(F)(F)F)cc(C(F)(F)F)c2)cc1C. The molecule has 0 aromatic heterocycles. The van der Waals surface area contributed by atoms with E-state index in [1.165, 1.54) is 6.92 Å². The van der Waals surface area contributed by atoms with Crippen LogP contribution in [0, 0.1) is 27.7 Å². The Morgan fingerprint density at radius 3 is 1.22 bits per heavy atom. The highest BCUT2D eigenvalue weighted by Gasteiger charge is 2.42. The third kappa shape index (κ3) is 9.97. The number of alkyl halides is 12. The van der Waals surface area contributed by atoms with Gasteiger partial charge in [0.1, 0.15) is 11.5 Å². The summed E-state index contributed by atoms with van der Waals surface area (Å²) in [6.07, 6.45) is -9.20. The van der Waals surface area contributed by atoms with E-state index in [-0.39, 0.29) is 12.1 Å². The molecule has 0 saturated heterocycles. The van der Waals surface area contributed by atoms with Gasteiger partial charge in [-0.1, -0.05) is 49.5 Å². The fraction of sp³-hybridized carbons (Fsp3) is 0.277. The molecule has 2 aliphatic rings. The number of methoxy groups -OCH3 is 2. The second-order valence-corrected chi connectivity index (χ2v) is 20.1. The maximum absolute atomic E-state index is 14.3. The third-order valence-electron chi connectivity index (χ3n) is 10.8. The first-order chi connectivity index (χ1) is 29.2. The van der Waals surface area contributed by atoms with E-state index in [1.807, 2.05) is 70.2 Å². The largest absolute Gasteiger partial charge is 0.496 e. The Kier molecular flexibility index (Phi) is 13.3. The van der Waals surface area contributed by atoms with Crippen LogP contribution in [0.5, 0.6) is 11.5 Å². The molecule has 0 N–H and O–H groups in total. The molecular weight excluding hydrogens is 886 g/mol. The minimum atomic E-state index is -5.35. The van der Waals surface area contributed by atoms with E-state index >= 15 is 0 Å². The maximum Gasteiger partial charge on any atom is 0.416 e. The van der Waals surface area contributed by atoms with Gasteiger partial charge in [-0.3, -0.25) is 0 Å². The van der Waals surface area contributed by atoms with Gasteiger partial charge in [0.05, 0.1) is 36.5 Å². The highest BCUT2D eigenvalue weighted by atomic mass is 31.1. The maximum atomic E-state index is 14.3. The van der Waals surface area contributed by atoms with Gasteiger partial charge < -0.3 is 9.47 Å². The Bertz CT molecular complexity index is 2330. The van der Waals surface area contributed by atoms with Gasteiger partial charge >= 0.3 is 24.7 Å². The van der Waals surface area contributed by atoms with Gasteiger partial charge in [0.25, 0.3) is 0 Å². The number of rotatable bonds is 9. The van der Waals surface area contributed by atoms with E-state index in [9.17, 15) is 52.7 Å². The molecule has 0 saturated carbocycles. The summed E-state index contributed by atoms with van der Waals surface area (Å²) >= 11 is 0. The van der Waals surface area contributed by atoms with Crippen LogP contribution in [-0.2, 0) is 24.7 Å². The normalized spacial score (nSPS) is 17.5. The van der Waals surface area contributed by atoms with Crippen LogP contribution < -0.4 is 30.7 Å². The molecule has 0 spiro atoms. The summed E-state index contributed by atoms with van der Waals surface area (Å²) in [4.78, 5) is 0. The van der Waals surface area contributed by atoms with Gasteiger partial charge in [0.2, 0.25) is 0 Å². The zero-order valence-corrected chi connectivity index (χ0v) is 36.5. The first kappa shape index (κ1) is 47.7. The van der Waals surface area contributed by atoms with Crippen molar-refractivity contribution in [1.82, 2.24) is 0 Å². The number of hydrogen-bond donors (Lipinski definition) is 0. The van der Waals surface area contributed by atoms with Gasteiger partial charge in [0.15, 0.2) is 0 Å². The van der Waals surface area contributed by atoms with Crippen LogP contribution in [-0.4, -0.2) is 25.5 Å². The molecule has 2 aliphatic carbocycles. The number of aryl methyl sites for hydroxylation is 4. The Morgan fingerprint density at radius 2 is 0.873 bits per heavy atom. The molecule has 63 heavy (non-hydrogen) atoms. The van der Waals surface area contributed by atoms with E-state index in [1.54, 1.807) is 38.5 Å². The number of allylic oxidation sites excluding steroid dienone is 10. The Labute approximate surface area is 359 Å². The van der Waals surface area contributed by atoms with Crippen molar-refractivity contribution in [3.63, 3.8) is 0 Å². The fourth-order valence-corrected chi connectivity index (χ4v) is 14.1. The first-order valence-electron chi connectivity index (χ1n) is 19.2. The number of hydrogen-bond acceptors (Lipinski definition) is 2. The van der Waals surface area contributed by atoms with Crippen LogP contribution in [0.1, 0.15) is 51.4 Å². The molecule has 0 radical (unpaired) electrons. The molecule has 0 fully saturated rings. The van der Waals surface area contributed by atoms with Gasteiger partial charge in [-0.15, -0.1) is 0 Å². The lowest BCUT2D eigenvalue weighted by molar-refractivity contribution is -0.144. The summed E-state index contributed by atoms with van der Waals surface area (Å²) in [6.45, 7) is 9.03. The highest BCUT2D eigenvalue weighted by Crippen LogP contribution is 2.53. The van der Waals surface area contributed by atoms with E-state index < -0.39 is 84.7 Å². The molecule has 2 atom stereocenters. The molecule has 1 unspecified atom stereocenters. The highest BCUT2D eigenvalue weighted by molar-refractivity contribution is 7.74. The molecule has 16 heteroatoms. The van der Waals surface area contributed by atoms with Gasteiger partial charge in [-0.2, -0.15) is 52.7 Å². The second-order valence-electron chi connectivity index (χ2n) is 15.2. The van der Waals surface area contributed by atoms with Crippen molar-refractivity contribution in [2.75, 3.05) is 14.2 Å². The Balaban J connectivity index is 1.63. The standard InChI is InChI=1S/C47H40F12O2P2/c1-25-15-34(16-26(2)42(25)60-6)63(35-17-27(3)43(61-7)28(4)18-35)41-14-9-8-11-40(41)39-13-10-12-38(39)29(5)62(36-21-30(44(48,49)50)19-31(22-36)45(51,52)53)37-23-32(46(54,55)56)20-33(24-37)47(57,58)59/h8-24,29,41H,1-7H3/b40-39+/t29-,41?/m0/s1. The Morgan fingerprint density at radius 1 is 0.492 bits per heavy atom. The van der Waals surface area contributed by atoms with Crippen LogP contribution in [0.3, 0.4) is 0 Å². The van der Waals surface area contributed by atoms with Crippen molar-refractivity contribution >= 4 is 37.1 Å².